The number of nitrogens with zero attached hydrogens (tertiary/aromatic N) is 2. The second kappa shape index (κ2) is 6.35. The molecule has 0 atom stereocenters. The van der Waals surface area contributed by atoms with Gasteiger partial charge in [0.25, 0.3) is 0 Å². The quantitative estimate of drug-likeness (QED) is 0.738. The molecule has 0 aliphatic heterocycles. The van der Waals surface area contributed by atoms with E-state index in [4.69, 9.17) is 16.3 Å². The SMILES string of the molecule is CCCc1c(Cl)ncnc1Oc1ccc(C)cc1Br. The summed E-state index contributed by atoms with van der Waals surface area (Å²) in [6.45, 7) is 4.10. The predicted molar refractivity (Wildman–Crippen MR) is 80.0 cm³/mol. The average Bonchev–Trinajstić information content (AvgIpc) is 2.37. The van der Waals surface area contributed by atoms with Crippen molar-refractivity contribution in [1.29, 1.82) is 0 Å². The first-order valence-electron chi connectivity index (χ1n) is 6.05. The van der Waals surface area contributed by atoms with Crippen molar-refractivity contribution in [2.75, 3.05) is 0 Å². The highest BCUT2D eigenvalue weighted by atomic mass is 79.9. The van der Waals surface area contributed by atoms with Crippen LogP contribution in [0.1, 0.15) is 24.5 Å². The van der Waals surface area contributed by atoms with E-state index in [-0.39, 0.29) is 0 Å². The fourth-order valence-corrected chi connectivity index (χ4v) is 2.51. The van der Waals surface area contributed by atoms with Crippen molar-refractivity contribution in [1.82, 2.24) is 9.97 Å². The van der Waals surface area contributed by atoms with E-state index >= 15 is 0 Å². The Morgan fingerprint density at radius 3 is 2.79 bits per heavy atom. The number of aromatic nitrogens is 2. The van der Waals surface area contributed by atoms with Crippen LogP contribution in [0.4, 0.5) is 0 Å². The molecule has 5 heteroatoms. The highest BCUT2D eigenvalue weighted by Crippen LogP contribution is 2.32. The van der Waals surface area contributed by atoms with Crippen LogP contribution in [0.2, 0.25) is 5.15 Å². The molecule has 0 fully saturated rings. The Bertz CT molecular complexity index is 590. The Balaban J connectivity index is 2.35. The van der Waals surface area contributed by atoms with Gasteiger partial charge < -0.3 is 4.74 Å². The van der Waals surface area contributed by atoms with Gasteiger partial charge in [-0.25, -0.2) is 9.97 Å². The van der Waals surface area contributed by atoms with Crippen molar-refractivity contribution in [2.45, 2.75) is 26.7 Å². The first-order chi connectivity index (χ1) is 9.11. The third kappa shape index (κ3) is 3.45. The molecule has 0 radical (unpaired) electrons. The standard InChI is InChI=1S/C14H14BrClN2O/c1-3-4-10-13(16)17-8-18-14(10)19-12-6-5-9(2)7-11(12)15/h5-8H,3-4H2,1-2H3. The zero-order valence-corrected chi connectivity index (χ0v) is 13.1. The van der Waals surface area contributed by atoms with Gasteiger partial charge in [-0.05, 0) is 47.0 Å². The lowest BCUT2D eigenvalue weighted by molar-refractivity contribution is 0.451. The van der Waals surface area contributed by atoms with Crippen LogP contribution in [-0.2, 0) is 6.42 Å². The lowest BCUT2D eigenvalue weighted by atomic mass is 10.2. The number of hydrogen-bond donors (Lipinski definition) is 0. The van der Waals surface area contributed by atoms with Crippen molar-refractivity contribution in [3.63, 3.8) is 0 Å². The van der Waals surface area contributed by atoms with E-state index in [1.165, 1.54) is 6.33 Å². The van der Waals surface area contributed by atoms with Gasteiger partial charge in [0.15, 0.2) is 0 Å². The third-order valence-corrected chi connectivity index (χ3v) is 3.59. The number of hydrogen-bond acceptors (Lipinski definition) is 3. The van der Waals surface area contributed by atoms with Crippen molar-refractivity contribution < 1.29 is 4.74 Å². The zero-order valence-electron chi connectivity index (χ0n) is 10.8. The molecule has 0 saturated heterocycles. The number of ether oxygens (including phenoxy) is 1. The molecule has 0 bridgehead atoms. The maximum Gasteiger partial charge on any atom is 0.227 e. The van der Waals surface area contributed by atoms with Crippen LogP contribution in [0.5, 0.6) is 11.6 Å². The Labute approximate surface area is 126 Å². The molecule has 3 nitrogen and oxygen atoms in total. The number of halogens is 2. The lowest BCUT2D eigenvalue weighted by Gasteiger charge is -2.11. The molecule has 2 aromatic rings. The van der Waals surface area contributed by atoms with E-state index in [1.807, 2.05) is 25.1 Å². The largest absolute Gasteiger partial charge is 0.437 e. The monoisotopic (exact) mass is 340 g/mol. The summed E-state index contributed by atoms with van der Waals surface area (Å²) in [6.07, 6.45) is 3.16. The molecule has 0 spiro atoms. The summed E-state index contributed by atoms with van der Waals surface area (Å²) in [5, 5.41) is 0.454. The summed E-state index contributed by atoms with van der Waals surface area (Å²) in [6, 6.07) is 5.89. The minimum atomic E-state index is 0.454. The van der Waals surface area contributed by atoms with Crippen molar-refractivity contribution in [3.8, 4) is 11.6 Å². The molecule has 19 heavy (non-hydrogen) atoms. The molecule has 0 N–H and O–H groups in total. The minimum absolute atomic E-state index is 0.454. The first-order valence-corrected chi connectivity index (χ1v) is 7.22. The van der Waals surface area contributed by atoms with E-state index in [0.29, 0.717) is 11.0 Å². The molecule has 1 aromatic heterocycles. The third-order valence-electron chi connectivity index (χ3n) is 2.65. The van der Waals surface area contributed by atoms with Gasteiger partial charge in [-0.2, -0.15) is 0 Å². The minimum Gasteiger partial charge on any atom is -0.437 e. The molecule has 0 aliphatic carbocycles. The molecule has 1 aromatic carbocycles. The van der Waals surface area contributed by atoms with E-state index in [9.17, 15) is 0 Å². The zero-order chi connectivity index (χ0) is 13.8. The molecular weight excluding hydrogens is 328 g/mol. The summed E-state index contributed by atoms with van der Waals surface area (Å²) < 4.78 is 6.74. The van der Waals surface area contributed by atoms with Gasteiger partial charge in [-0.3, -0.25) is 0 Å². The summed E-state index contributed by atoms with van der Waals surface area (Å²) >= 11 is 9.58. The summed E-state index contributed by atoms with van der Waals surface area (Å²) in [4.78, 5) is 8.18. The van der Waals surface area contributed by atoms with Crippen molar-refractivity contribution >= 4 is 27.5 Å². The molecule has 100 valence electrons. The van der Waals surface area contributed by atoms with Crippen LogP contribution >= 0.6 is 27.5 Å². The fraction of sp³-hybridized carbons (Fsp3) is 0.286. The smallest absolute Gasteiger partial charge is 0.227 e. The Kier molecular flexibility index (Phi) is 4.77. The van der Waals surface area contributed by atoms with Crippen LogP contribution in [0.3, 0.4) is 0 Å². The van der Waals surface area contributed by atoms with Crippen LogP contribution in [-0.4, -0.2) is 9.97 Å². The fourth-order valence-electron chi connectivity index (χ4n) is 1.72. The second-order valence-corrected chi connectivity index (χ2v) is 5.45. The Hall–Kier alpha value is -1.13. The predicted octanol–water partition coefficient (Wildman–Crippen LogP) is 4.95. The number of benzene rings is 1. The molecule has 2 rings (SSSR count). The van der Waals surface area contributed by atoms with Gasteiger partial charge in [0, 0.05) is 0 Å². The van der Waals surface area contributed by atoms with Gasteiger partial charge >= 0.3 is 0 Å². The van der Waals surface area contributed by atoms with E-state index in [2.05, 4.69) is 32.8 Å². The van der Waals surface area contributed by atoms with Crippen LogP contribution < -0.4 is 4.74 Å². The highest BCUT2D eigenvalue weighted by Gasteiger charge is 2.12. The molecular formula is C14H14BrClN2O. The van der Waals surface area contributed by atoms with E-state index in [1.54, 1.807) is 0 Å². The normalized spacial score (nSPS) is 10.5. The van der Waals surface area contributed by atoms with Crippen molar-refractivity contribution in [3.05, 3.63) is 45.3 Å². The molecule has 1 heterocycles. The van der Waals surface area contributed by atoms with Gasteiger partial charge in [0.1, 0.15) is 17.2 Å². The summed E-state index contributed by atoms with van der Waals surface area (Å²) in [5.74, 6) is 1.24. The van der Waals surface area contributed by atoms with Crippen LogP contribution in [0.25, 0.3) is 0 Å². The molecule has 0 unspecified atom stereocenters. The average molecular weight is 342 g/mol. The van der Waals surface area contributed by atoms with Gasteiger partial charge in [0.05, 0.1) is 10.0 Å². The maximum atomic E-state index is 6.10. The summed E-state index contributed by atoms with van der Waals surface area (Å²) in [5.41, 5.74) is 2.01. The van der Waals surface area contributed by atoms with Crippen LogP contribution in [0.15, 0.2) is 29.0 Å². The molecule has 0 aliphatic rings. The van der Waals surface area contributed by atoms with E-state index < -0.39 is 0 Å². The first kappa shape index (κ1) is 14.3. The maximum absolute atomic E-state index is 6.10. The topological polar surface area (TPSA) is 35.0 Å². The summed E-state index contributed by atoms with van der Waals surface area (Å²) in [7, 11) is 0. The Morgan fingerprint density at radius 1 is 1.32 bits per heavy atom. The lowest BCUT2D eigenvalue weighted by Crippen LogP contribution is -1.98. The highest BCUT2D eigenvalue weighted by molar-refractivity contribution is 9.10. The molecule has 0 amide bonds. The number of aryl methyl sites for hydroxylation is 1. The second-order valence-electron chi connectivity index (χ2n) is 4.23. The molecule has 0 saturated carbocycles. The van der Waals surface area contributed by atoms with Gasteiger partial charge in [-0.1, -0.05) is 31.0 Å². The van der Waals surface area contributed by atoms with Gasteiger partial charge in [0.2, 0.25) is 5.88 Å². The van der Waals surface area contributed by atoms with Crippen molar-refractivity contribution in [2.24, 2.45) is 0 Å². The number of rotatable bonds is 4. The Morgan fingerprint density at radius 2 is 2.11 bits per heavy atom. The van der Waals surface area contributed by atoms with Crippen LogP contribution in [0, 0.1) is 6.92 Å². The van der Waals surface area contributed by atoms with Gasteiger partial charge in [-0.15, -0.1) is 0 Å². The van der Waals surface area contributed by atoms with E-state index in [0.717, 1.165) is 34.2 Å².